The molecule has 0 radical (unpaired) electrons. The predicted octanol–water partition coefficient (Wildman–Crippen LogP) is 4.97. The van der Waals surface area contributed by atoms with Gasteiger partial charge in [0.25, 0.3) is 0 Å². The molecule has 1 fully saturated rings. The zero-order valence-corrected chi connectivity index (χ0v) is 15.6. The van der Waals surface area contributed by atoms with Gasteiger partial charge < -0.3 is 15.1 Å². The number of nitrogens with zero attached hydrogens (tertiary/aromatic N) is 2. The van der Waals surface area contributed by atoms with E-state index in [1.165, 1.54) is 5.69 Å². The fraction of sp³-hybridized carbons (Fsp3) is 0.261. The molecule has 4 rings (SSSR count). The summed E-state index contributed by atoms with van der Waals surface area (Å²) in [6.45, 7) is 4.71. The smallest absolute Gasteiger partial charge is 0.322 e. The lowest BCUT2D eigenvalue weighted by Gasteiger charge is -2.46. The first-order chi connectivity index (χ1) is 13.3. The Labute approximate surface area is 160 Å². The summed E-state index contributed by atoms with van der Waals surface area (Å²) in [5.41, 5.74) is 2.11. The average molecular weight is 359 g/mol. The second-order valence-electron chi connectivity index (χ2n) is 7.04. The highest BCUT2D eigenvalue weighted by molar-refractivity contribution is 6.01. The van der Waals surface area contributed by atoms with Gasteiger partial charge in [-0.25, -0.2) is 4.79 Å². The quantitative estimate of drug-likeness (QED) is 0.698. The number of rotatable bonds is 5. The van der Waals surface area contributed by atoms with Gasteiger partial charge >= 0.3 is 6.03 Å². The molecule has 2 amide bonds. The Kier molecular flexibility index (Phi) is 4.97. The lowest BCUT2D eigenvalue weighted by atomic mass is 10.1. The van der Waals surface area contributed by atoms with Crippen LogP contribution in [0.3, 0.4) is 0 Å². The molecule has 0 spiro atoms. The molecular formula is C23H25N3O. The van der Waals surface area contributed by atoms with Crippen LogP contribution in [0.5, 0.6) is 0 Å². The highest BCUT2D eigenvalue weighted by Gasteiger charge is 2.34. The summed E-state index contributed by atoms with van der Waals surface area (Å²) in [4.78, 5) is 17.0. The minimum atomic E-state index is -0.0212. The van der Waals surface area contributed by atoms with E-state index in [1.54, 1.807) is 0 Å². The van der Waals surface area contributed by atoms with Gasteiger partial charge in [0.2, 0.25) is 0 Å². The molecule has 0 bridgehead atoms. The Bertz CT molecular complexity index is 914. The molecule has 3 aromatic rings. The molecule has 1 aliphatic rings. The van der Waals surface area contributed by atoms with E-state index in [0.29, 0.717) is 6.04 Å². The fourth-order valence-corrected chi connectivity index (χ4v) is 3.73. The van der Waals surface area contributed by atoms with Crippen molar-refractivity contribution in [2.75, 3.05) is 29.9 Å². The van der Waals surface area contributed by atoms with E-state index in [9.17, 15) is 4.79 Å². The number of urea groups is 1. The number of hydrogen-bond donors (Lipinski definition) is 1. The van der Waals surface area contributed by atoms with Crippen molar-refractivity contribution in [3.63, 3.8) is 0 Å². The van der Waals surface area contributed by atoms with Crippen LogP contribution in [0.25, 0.3) is 10.8 Å². The normalized spacial score (nSPS) is 14.0. The topological polar surface area (TPSA) is 35.6 Å². The number of anilines is 2. The van der Waals surface area contributed by atoms with Gasteiger partial charge in [-0.15, -0.1) is 0 Å². The summed E-state index contributed by atoms with van der Waals surface area (Å²) in [7, 11) is 0. The number of carbonyl (C=O) groups is 1. The number of nitrogens with one attached hydrogen (secondary N) is 1. The minimum absolute atomic E-state index is 0.0212. The standard InChI is InChI=1S/C23H25N3O/c1-2-15-26(19-11-4-3-5-12-19)20-16-25(17-20)23(27)24-22-14-8-10-18-9-6-7-13-21(18)22/h3-14,20H,2,15-17H2,1H3,(H,24,27). The molecule has 3 aromatic carbocycles. The van der Waals surface area contributed by atoms with Crippen LogP contribution in [0.2, 0.25) is 0 Å². The van der Waals surface area contributed by atoms with Gasteiger partial charge in [0.1, 0.15) is 0 Å². The number of likely N-dealkylation sites (tertiary alicyclic amines) is 1. The number of para-hydroxylation sites is 1. The van der Waals surface area contributed by atoms with Crippen LogP contribution < -0.4 is 10.2 Å². The molecule has 1 N–H and O–H groups in total. The lowest BCUT2D eigenvalue weighted by molar-refractivity contribution is 0.161. The van der Waals surface area contributed by atoms with E-state index in [0.717, 1.165) is 42.5 Å². The first-order valence-corrected chi connectivity index (χ1v) is 9.61. The molecule has 138 valence electrons. The first kappa shape index (κ1) is 17.4. The Hall–Kier alpha value is -3.01. The van der Waals surface area contributed by atoms with Crippen LogP contribution in [0.4, 0.5) is 16.2 Å². The van der Waals surface area contributed by atoms with Crippen LogP contribution >= 0.6 is 0 Å². The van der Waals surface area contributed by atoms with E-state index in [2.05, 4.69) is 53.5 Å². The second-order valence-corrected chi connectivity index (χ2v) is 7.04. The fourth-order valence-electron chi connectivity index (χ4n) is 3.73. The van der Waals surface area contributed by atoms with Gasteiger partial charge in [-0.1, -0.05) is 61.5 Å². The maximum absolute atomic E-state index is 12.7. The molecule has 27 heavy (non-hydrogen) atoms. The molecular weight excluding hydrogens is 334 g/mol. The van der Waals surface area contributed by atoms with Gasteiger partial charge in [0.05, 0.1) is 11.7 Å². The van der Waals surface area contributed by atoms with Gasteiger partial charge in [-0.2, -0.15) is 0 Å². The monoisotopic (exact) mass is 359 g/mol. The number of amides is 2. The van der Waals surface area contributed by atoms with E-state index >= 15 is 0 Å². The van der Waals surface area contributed by atoms with E-state index in [-0.39, 0.29) is 6.03 Å². The van der Waals surface area contributed by atoms with E-state index in [4.69, 9.17) is 0 Å². The summed E-state index contributed by atoms with van der Waals surface area (Å²) in [5.74, 6) is 0. The SMILES string of the molecule is CCCN(c1ccccc1)C1CN(C(=O)Nc2cccc3ccccc23)C1. The Morgan fingerprint density at radius 1 is 1.00 bits per heavy atom. The first-order valence-electron chi connectivity index (χ1n) is 9.61. The molecule has 0 unspecified atom stereocenters. The molecule has 0 aliphatic carbocycles. The number of hydrogen-bond acceptors (Lipinski definition) is 2. The van der Waals surface area contributed by atoms with E-state index in [1.807, 2.05) is 41.3 Å². The molecule has 0 saturated carbocycles. The third kappa shape index (κ3) is 3.61. The van der Waals surface area contributed by atoms with Crippen LogP contribution in [0, 0.1) is 0 Å². The highest BCUT2D eigenvalue weighted by Crippen LogP contribution is 2.26. The molecule has 0 aromatic heterocycles. The van der Waals surface area contributed by atoms with Crippen molar-refractivity contribution >= 4 is 28.2 Å². The third-order valence-corrected chi connectivity index (χ3v) is 5.17. The van der Waals surface area contributed by atoms with Crippen molar-refractivity contribution in [3.8, 4) is 0 Å². The van der Waals surface area contributed by atoms with Crippen LogP contribution in [-0.2, 0) is 0 Å². The largest absolute Gasteiger partial charge is 0.365 e. The van der Waals surface area contributed by atoms with Gasteiger partial charge in [0.15, 0.2) is 0 Å². The van der Waals surface area contributed by atoms with Crippen molar-refractivity contribution in [3.05, 3.63) is 72.8 Å². The van der Waals surface area contributed by atoms with Gasteiger partial charge in [0, 0.05) is 30.7 Å². The van der Waals surface area contributed by atoms with E-state index < -0.39 is 0 Å². The second kappa shape index (κ2) is 7.70. The van der Waals surface area contributed by atoms with Crippen molar-refractivity contribution in [1.82, 2.24) is 4.90 Å². The van der Waals surface area contributed by atoms with Gasteiger partial charge in [-0.05, 0) is 30.0 Å². The summed E-state index contributed by atoms with van der Waals surface area (Å²) in [5, 5.41) is 5.29. The zero-order chi connectivity index (χ0) is 18.6. The zero-order valence-electron chi connectivity index (χ0n) is 15.6. The van der Waals surface area contributed by atoms with Gasteiger partial charge in [-0.3, -0.25) is 0 Å². The Morgan fingerprint density at radius 3 is 2.48 bits per heavy atom. The Morgan fingerprint density at radius 2 is 1.70 bits per heavy atom. The molecule has 1 aliphatic heterocycles. The molecule has 4 nitrogen and oxygen atoms in total. The third-order valence-electron chi connectivity index (χ3n) is 5.17. The molecule has 1 heterocycles. The summed E-state index contributed by atoms with van der Waals surface area (Å²) < 4.78 is 0. The average Bonchev–Trinajstić information content (AvgIpc) is 2.67. The van der Waals surface area contributed by atoms with Crippen LogP contribution in [-0.4, -0.2) is 36.6 Å². The maximum Gasteiger partial charge on any atom is 0.322 e. The lowest BCUT2D eigenvalue weighted by Crippen LogP contribution is -2.62. The van der Waals surface area contributed by atoms with Crippen LogP contribution in [0.15, 0.2) is 72.8 Å². The van der Waals surface area contributed by atoms with Crippen LogP contribution in [0.1, 0.15) is 13.3 Å². The highest BCUT2D eigenvalue weighted by atomic mass is 16.2. The Balaban J connectivity index is 1.42. The summed E-state index contributed by atoms with van der Waals surface area (Å²) in [6.07, 6.45) is 1.09. The number of fused-ring (bicyclic) bond motifs is 1. The maximum atomic E-state index is 12.7. The minimum Gasteiger partial charge on any atom is -0.365 e. The van der Waals surface area contributed by atoms with Crippen molar-refractivity contribution in [2.24, 2.45) is 0 Å². The molecule has 0 atom stereocenters. The predicted molar refractivity (Wildman–Crippen MR) is 112 cm³/mol. The number of carbonyl (C=O) groups excluding carboxylic acids is 1. The molecule has 4 heteroatoms. The molecule has 1 saturated heterocycles. The van der Waals surface area contributed by atoms with Crippen molar-refractivity contribution in [2.45, 2.75) is 19.4 Å². The van der Waals surface area contributed by atoms with Crippen molar-refractivity contribution in [1.29, 1.82) is 0 Å². The summed E-state index contributed by atoms with van der Waals surface area (Å²) in [6, 6.07) is 25.0. The van der Waals surface area contributed by atoms with Crippen molar-refractivity contribution < 1.29 is 4.79 Å². The summed E-state index contributed by atoms with van der Waals surface area (Å²) >= 11 is 0. The number of benzene rings is 3.